The van der Waals surface area contributed by atoms with E-state index in [0.29, 0.717) is 18.0 Å². The van der Waals surface area contributed by atoms with E-state index in [9.17, 15) is 0 Å². The fourth-order valence-corrected chi connectivity index (χ4v) is 1.81. The Morgan fingerprint density at radius 2 is 2.07 bits per heavy atom. The summed E-state index contributed by atoms with van der Waals surface area (Å²) in [5.74, 6) is 7.09. The molecule has 0 heterocycles. The second-order valence-electron chi connectivity index (χ2n) is 2.67. The van der Waals surface area contributed by atoms with Crippen molar-refractivity contribution in [1.29, 1.82) is 0 Å². The van der Waals surface area contributed by atoms with Crippen LogP contribution in [0.3, 0.4) is 0 Å². The van der Waals surface area contributed by atoms with Crippen molar-refractivity contribution in [3.63, 3.8) is 0 Å². The summed E-state index contributed by atoms with van der Waals surface area (Å²) < 4.78 is 11.2. The monoisotopic (exact) mass is 269 g/mol. The maximum Gasteiger partial charge on any atom is 0.152 e. The molecule has 0 saturated heterocycles. The highest BCUT2D eigenvalue weighted by Gasteiger charge is 2.10. The molecule has 15 heavy (non-hydrogen) atoms. The second-order valence-corrected chi connectivity index (χ2v) is 3.46. The van der Waals surface area contributed by atoms with E-state index < -0.39 is 0 Å². The Morgan fingerprint density at radius 1 is 1.33 bits per heavy atom. The van der Waals surface area contributed by atoms with Gasteiger partial charge in [0.2, 0.25) is 0 Å². The van der Waals surface area contributed by atoms with Gasteiger partial charge in [-0.1, -0.05) is 11.8 Å². The Morgan fingerprint density at radius 3 is 2.60 bits per heavy atom. The van der Waals surface area contributed by atoms with Gasteiger partial charge < -0.3 is 15.2 Å². The highest BCUT2D eigenvalue weighted by Crippen LogP contribution is 2.36. The summed E-state index contributed by atoms with van der Waals surface area (Å²) in [6, 6.07) is 3.66. The van der Waals surface area contributed by atoms with Gasteiger partial charge in [-0.2, -0.15) is 0 Å². The molecule has 0 bridgehead atoms. The van der Waals surface area contributed by atoms with Gasteiger partial charge in [0.15, 0.2) is 5.75 Å². The van der Waals surface area contributed by atoms with Crippen molar-refractivity contribution in [1.82, 2.24) is 0 Å². The summed E-state index contributed by atoms with van der Waals surface area (Å²) in [6.45, 7) is 0.326. The number of methoxy groups -OCH3 is 2. The molecule has 0 unspecified atom stereocenters. The predicted octanol–water partition coefficient (Wildman–Crippen LogP) is 1.78. The van der Waals surface area contributed by atoms with Crippen LogP contribution in [0.25, 0.3) is 0 Å². The minimum atomic E-state index is 0.326. The van der Waals surface area contributed by atoms with Crippen molar-refractivity contribution in [3.05, 3.63) is 22.2 Å². The van der Waals surface area contributed by atoms with Gasteiger partial charge in [-0.3, -0.25) is 0 Å². The Bertz CT molecular complexity index is 407. The summed E-state index contributed by atoms with van der Waals surface area (Å²) in [5, 5.41) is 0. The summed E-state index contributed by atoms with van der Waals surface area (Å²) in [6.07, 6.45) is 0. The fraction of sp³-hybridized carbons (Fsp3) is 0.273. The Hall–Kier alpha value is -1.18. The molecule has 0 aliphatic rings. The number of hydrogen-bond acceptors (Lipinski definition) is 3. The van der Waals surface area contributed by atoms with E-state index >= 15 is 0 Å². The number of nitrogens with two attached hydrogens (primary N) is 1. The fourth-order valence-electron chi connectivity index (χ4n) is 1.14. The van der Waals surface area contributed by atoms with Gasteiger partial charge in [0, 0.05) is 0 Å². The first-order valence-electron chi connectivity index (χ1n) is 4.34. The molecule has 1 aromatic rings. The Balaban J connectivity index is 3.24. The molecule has 4 heteroatoms. The zero-order valence-electron chi connectivity index (χ0n) is 8.63. The largest absolute Gasteiger partial charge is 0.495 e. The van der Waals surface area contributed by atoms with Crippen LogP contribution >= 0.6 is 15.9 Å². The first-order chi connectivity index (χ1) is 7.24. The number of hydrogen-bond donors (Lipinski definition) is 1. The molecule has 0 aliphatic heterocycles. The first kappa shape index (κ1) is 11.9. The van der Waals surface area contributed by atoms with Crippen molar-refractivity contribution in [2.75, 3.05) is 20.8 Å². The number of ether oxygens (including phenoxy) is 2. The van der Waals surface area contributed by atoms with Crippen LogP contribution in [0.1, 0.15) is 5.56 Å². The predicted molar refractivity (Wildman–Crippen MR) is 63.2 cm³/mol. The highest BCUT2D eigenvalue weighted by atomic mass is 79.9. The minimum Gasteiger partial charge on any atom is -0.495 e. The average molecular weight is 270 g/mol. The third-order valence-corrected chi connectivity index (χ3v) is 2.56. The Kier molecular flexibility index (Phi) is 4.47. The molecule has 0 amide bonds. The average Bonchev–Trinajstić information content (AvgIpc) is 2.26. The van der Waals surface area contributed by atoms with E-state index in [1.807, 2.05) is 12.1 Å². The van der Waals surface area contributed by atoms with Gasteiger partial charge in [0.25, 0.3) is 0 Å². The summed E-state index contributed by atoms with van der Waals surface area (Å²) in [7, 11) is 3.19. The molecule has 0 fully saturated rings. The van der Waals surface area contributed by atoms with Crippen molar-refractivity contribution < 1.29 is 9.47 Å². The van der Waals surface area contributed by atoms with Crippen LogP contribution in [0.5, 0.6) is 11.5 Å². The van der Waals surface area contributed by atoms with E-state index in [1.54, 1.807) is 14.2 Å². The van der Waals surface area contributed by atoms with Crippen LogP contribution in [0.4, 0.5) is 0 Å². The molecule has 0 spiro atoms. The van der Waals surface area contributed by atoms with Crippen LogP contribution in [0.2, 0.25) is 0 Å². The molecule has 3 nitrogen and oxygen atoms in total. The first-order valence-corrected chi connectivity index (χ1v) is 5.13. The van der Waals surface area contributed by atoms with Crippen LogP contribution in [0, 0.1) is 11.8 Å². The molecular weight excluding hydrogens is 258 g/mol. The van der Waals surface area contributed by atoms with Gasteiger partial charge in [0.05, 0.1) is 26.3 Å². The summed E-state index contributed by atoms with van der Waals surface area (Å²) in [4.78, 5) is 0. The summed E-state index contributed by atoms with van der Waals surface area (Å²) >= 11 is 3.40. The summed E-state index contributed by atoms with van der Waals surface area (Å²) in [5.41, 5.74) is 6.10. The minimum absolute atomic E-state index is 0.326. The van der Waals surface area contributed by atoms with E-state index in [2.05, 4.69) is 27.8 Å². The second kappa shape index (κ2) is 5.64. The lowest BCUT2D eigenvalue weighted by molar-refractivity contribution is 0.389. The van der Waals surface area contributed by atoms with E-state index in [4.69, 9.17) is 15.2 Å². The smallest absolute Gasteiger partial charge is 0.152 e. The van der Waals surface area contributed by atoms with E-state index in [-0.39, 0.29) is 0 Å². The SMILES string of the molecule is COc1ccc(C#CCN)c(OC)c1Br. The quantitative estimate of drug-likeness (QED) is 0.833. The van der Waals surface area contributed by atoms with Gasteiger partial charge in [-0.05, 0) is 28.1 Å². The van der Waals surface area contributed by atoms with Crippen LogP contribution in [-0.2, 0) is 0 Å². The standard InChI is InChI=1S/C11H12BrNO2/c1-14-9-6-5-8(4-3-7-13)11(15-2)10(9)12/h5-6H,7,13H2,1-2H3. The van der Waals surface area contributed by atoms with Crippen molar-refractivity contribution >= 4 is 15.9 Å². The molecule has 2 N–H and O–H groups in total. The molecular formula is C11H12BrNO2. The molecule has 0 atom stereocenters. The normalized spacial score (nSPS) is 9.07. The molecule has 1 rings (SSSR count). The van der Waals surface area contributed by atoms with Crippen molar-refractivity contribution in [3.8, 4) is 23.3 Å². The lowest BCUT2D eigenvalue weighted by Crippen LogP contribution is -1.95. The molecule has 0 aromatic heterocycles. The number of rotatable bonds is 2. The molecule has 1 aromatic carbocycles. The van der Waals surface area contributed by atoms with Gasteiger partial charge in [-0.25, -0.2) is 0 Å². The third kappa shape index (κ3) is 2.65. The van der Waals surface area contributed by atoms with Crippen LogP contribution in [-0.4, -0.2) is 20.8 Å². The van der Waals surface area contributed by atoms with Crippen LogP contribution in [0.15, 0.2) is 16.6 Å². The van der Waals surface area contributed by atoms with E-state index in [0.717, 1.165) is 10.0 Å². The molecule has 0 radical (unpaired) electrons. The van der Waals surface area contributed by atoms with Gasteiger partial charge in [0.1, 0.15) is 10.2 Å². The van der Waals surface area contributed by atoms with Crippen LogP contribution < -0.4 is 15.2 Å². The van der Waals surface area contributed by atoms with Crippen molar-refractivity contribution in [2.45, 2.75) is 0 Å². The van der Waals surface area contributed by atoms with Crippen molar-refractivity contribution in [2.24, 2.45) is 5.73 Å². The lowest BCUT2D eigenvalue weighted by Gasteiger charge is -2.09. The third-order valence-electron chi connectivity index (χ3n) is 1.81. The maximum absolute atomic E-state index is 5.31. The molecule has 0 saturated carbocycles. The Labute approximate surface area is 97.7 Å². The topological polar surface area (TPSA) is 44.5 Å². The zero-order chi connectivity index (χ0) is 11.3. The van der Waals surface area contributed by atoms with E-state index in [1.165, 1.54) is 0 Å². The van der Waals surface area contributed by atoms with Gasteiger partial charge in [-0.15, -0.1) is 0 Å². The maximum atomic E-state index is 5.31. The zero-order valence-corrected chi connectivity index (χ0v) is 10.2. The molecule has 80 valence electrons. The lowest BCUT2D eigenvalue weighted by atomic mass is 10.2. The highest BCUT2D eigenvalue weighted by molar-refractivity contribution is 9.10. The van der Waals surface area contributed by atoms with Gasteiger partial charge >= 0.3 is 0 Å². The number of benzene rings is 1. The number of halogens is 1. The molecule has 0 aliphatic carbocycles.